The number of nitrogens with one attached hydrogen (secondary N) is 1. The minimum atomic E-state index is 0.0450. The minimum absolute atomic E-state index is 0.0450. The molecular weight excluding hydrogens is 302 g/mol. The van der Waals surface area contributed by atoms with Crippen molar-refractivity contribution in [2.24, 2.45) is 0 Å². The smallest absolute Gasteiger partial charge is 0.224 e. The summed E-state index contributed by atoms with van der Waals surface area (Å²) >= 11 is 0. The molecule has 1 amide bonds. The Hall–Kier alpha value is -2.56. The zero-order valence-electron chi connectivity index (χ0n) is 14.0. The van der Waals surface area contributed by atoms with Gasteiger partial charge in [0, 0.05) is 36.2 Å². The summed E-state index contributed by atoms with van der Waals surface area (Å²) in [5.41, 5.74) is 3.98. The highest BCUT2D eigenvalue weighted by molar-refractivity contribution is 5.88. The summed E-state index contributed by atoms with van der Waals surface area (Å²) in [5.74, 6) is 1.16. The first-order valence-electron chi connectivity index (χ1n) is 8.37. The average molecular weight is 323 g/mol. The van der Waals surface area contributed by atoms with Crippen LogP contribution < -0.4 is 5.32 Å². The molecule has 5 nitrogen and oxygen atoms in total. The summed E-state index contributed by atoms with van der Waals surface area (Å²) in [5, 5.41) is 4.17. The standard InChI is InChI=1S/C19H21N3O2/c1-12-3-5-16-14(11-24-17(16)7-12)8-19(23)21-15-4-6-18-20-13(2)9-22(18)10-15/h3,5,7,9,11,15H,4,6,8,10H2,1-2H3,(H,21,23)/t15-/m0/s1. The van der Waals surface area contributed by atoms with Crippen LogP contribution in [0.1, 0.15) is 29.1 Å². The van der Waals surface area contributed by atoms with Crippen molar-refractivity contribution in [3.63, 3.8) is 0 Å². The maximum absolute atomic E-state index is 12.4. The Morgan fingerprint density at radius 1 is 1.42 bits per heavy atom. The van der Waals surface area contributed by atoms with E-state index in [1.54, 1.807) is 6.26 Å². The number of fused-ring (bicyclic) bond motifs is 2. The van der Waals surface area contributed by atoms with E-state index in [1.807, 2.05) is 32.0 Å². The van der Waals surface area contributed by atoms with Crippen LogP contribution >= 0.6 is 0 Å². The van der Waals surface area contributed by atoms with Gasteiger partial charge in [-0.1, -0.05) is 12.1 Å². The molecule has 3 aromatic rings. The van der Waals surface area contributed by atoms with Crippen LogP contribution in [-0.2, 0) is 24.2 Å². The normalized spacial score (nSPS) is 17.0. The number of aryl methyl sites for hydroxylation is 3. The molecule has 0 fully saturated rings. The van der Waals surface area contributed by atoms with Crippen molar-refractivity contribution in [1.29, 1.82) is 0 Å². The van der Waals surface area contributed by atoms with E-state index in [-0.39, 0.29) is 11.9 Å². The Bertz CT molecular complexity index is 907. The Kier molecular flexibility index (Phi) is 3.63. The fourth-order valence-electron chi connectivity index (χ4n) is 3.48. The lowest BCUT2D eigenvalue weighted by atomic mass is 10.1. The maximum Gasteiger partial charge on any atom is 0.224 e. The number of carbonyl (C=O) groups excluding carboxylic acids is 1. The summed E-state index contributed by atoms with van der Waals surface area (Å²) in [7, 11) is 0. The summed E-state index contributed by atoms with van der Waals surface area (Å²) in [6.45, 7) is 4.83. The number of furan rings is 1. The molecule has 4 rings (SSSR count). The number of aromatic nitrogens is 2. The molecular formula is C19H21N3O2. The lowest BCUT2D eigenvalue weighted by Gasteiger charge is -2.24. The van der Waals surface area contributed by atoms with Gasteiger partial charge < -0.3 is 14.3 Å². The van der Waals surface area contributed by atoms with Crippen molar-refractivity contribution in [2.45, 2.75) is 45.7 Å². The molecule has 0 saturated carbocycles. The molecule has 2 aromatic heterocycles. The molecule has 124 valence electrons. The zero-order valence-corrected chi connectivity index (χ0v) is 14.0. The molecule has 3 heterocycles. The van der Waals surface area contributed by atoms with Crippen molar-refractivity contribution in [1.82, 2.24) is 14.9 Å². The second-order valence-electron chi connectivity index (χ2n) is 6.69. The molecule has 1 aromatic carbocycles. The summed E-state index contributed by atoms with van der Waals surface area (Å²) in [4.78, 5) is 16.9. The molecule has 1 atom stereocenters. The van der Waals surface area contributed by atoms with Gasteiger partial charge >= 0.3 is 0 Å². The van der Waals surface area contributed by atoms with E-state index >= 15 is 0 Å². The van der Waals surface area contributed by atoms with Crippen LogP contribution in [0.2, 0.25) is 0 Å². The van der Waals surface area contributed by atoms with Crippen molar-refractivity contribution in [2.75, 3.05) is 0 Å². The summed E-state index contributed by atoms with van der Waals surface area (Å²) in [6, 6.07) is 6.24. The molecule has 0 bridgehead atoms. The number of rotatable bonds is 3. The lowest BCUT2D eigenvalue weighted by Crippen LogP contribution is -2.41. The number of hydrogen-bond acceptors (Lipinski definition) is 3. The highest BCUT2D eigenvalue weighted by atomic mass is 16.3. The third-order valence-corrected chi connectivity index (χ3v) is 4.64. The predicted molar refractivity (Wildman–Crippen MR) is 91.9 cm³/mol. The highest BCUT2D eigenvalue weighted by Gasteiger charge is 2.21. The third-order valence-electron chi connectivity index (χ3n) is 4.64. The molecule has 1 aliphatic heterocycles. The van der Waals surface area contributed by atoms with Gasteiger partial charge in [0.05, 0.1) is 18.4 Å². The fourth-order valence-corrected chi connectivity index (χ4v) is 3.48. The van der Waals surface area contributed by atoms with Crippen LogP contribution in [0, 0.1) is 13.8 Å². The lowest BCUT2D eigenvalue weighted by molar-refractivity contribution is -0.121. The van der Waals surface area contributed by atoms with Crippen LogP contribution in [0.15, 0.2) is 35.1 Å². The quantitative estimate of drug-likeness (QED) is 0.806. The number of nitrogens with zero attached hydrogens (tertiary/aromatic N) is 2. The van der Waals surface area contributed by atoms with Gasteiger partial charge in [-0.2, -0.15) is 0 Å². The molecule has 5 heteroatoms. The van der Waals surface area contributed by atoms with Crippen LogP contribution in [0.3, 0.4) is 0 Å². The Labute approximate surface area is 140 Å². The van der Waals surface area contributed by atoms with Crippen LogP contribution in [0.4, 0.5) is 0 Å². The van der Waals surface area contributed by atoms with Crippen molar-refractivity contribution in [3.8, 4) is 0 Å². The Morgan fingerprint density at radius 3 is 3.17 bits per heavy atom. The molecule has 0 unspecified atom stereocenters. The predicted octanol–water partition coefficient (Wildman–Crippen LogP) is 2.92. The molecule has 24 heavy (non-hydrogen) atoms. The number of benzene rings is 1. The molecule has 0 spiro atoms. The number of hydrogen-bond donors (Lipinski definition) is 1. The van der Waals surface area contributed by atoms with Crippen molar-refractivity contribution >= 4 is 16.9 Å². The van der Waals surface area contributed by atoms with E-state index < -0.39 is 0 Å². The maximum atomic E-state index is 12.4. The Balaban J connectivity index is 1.43. The van der Waals surface area contributed by atoms with Gasteiger partial charge in [0.15, 0.2) is 0 Å². The van der Waals surface area contributed by atoms with Gasteiger partial charge in [-0.05, 0) is 31.9 Å². The zero-order chi connectivity index (χ0) is 16.7. The molecule has 1 aliphatic rings. The van der Waals surface area contributed by atoms with Gasteiger partial charge in [-0.15, -0.1) is 0 Å². The SMILES string of the molecule is Cc1ccc2c(CC(=O)N[C@H]3CCc4nc(C)cn4C3)coc2c1. The second-order valence-corrected chi connectivity index (χ2v) is 6.69. The average Bonchev–Trinajstić information content (AvgIpc) is 3.09. The van der Waals surface area contributed by atoms with E-state index in [0.717, 1.165) is 53.0 Å². The largest absolute Gasteiger partial charge is 0.464 e. The third kappa shape index (κ3) is 2.82. The van der Waals surface area contributed by atoms with Gasteiger partial charge in [0.2, 0.25) is 5.91 Å². The minimum Gasteiger partial charge on any atom is -0.464 e. The topological polar surface area (TPSA) is 60.1 Å². The molecule has 1 N–H and O–H groups in total. The molecule has 0 saturated heterocycles. The first kappa shape index (κ1) is 15.0. The van der Waals surface area contributed by atoms with Gasteiger partial charge in [0.1, 0.15) is 11.4 Å². The summed E-state index contributed by atoms with van der Waals surface area (Å²) in [6.07, 6.45) is 5.95. The highest BCUT2D eigenvalue weighted by Crippen LogP contribution is 2.23. The van der Waals surface area contributed by atoms with Crippen molar-refractivity contribution in [3.05, 3.63) is 53.3 Å². The van der Waals surface area contributed by atoms with E-state index in [2.05, 4.69) is 21.1 Å². The summed E-state index contributed by atoms with van der Waals surface area (Å²) < 4.78 is 7.73. The van der Waals surface area contributed by atoms with E-state index in [0.29, 0.717) is 6.42 Å². The number of imidazole rings is 1. The van der Waals surface area contributed by atoms with E-state index in [1.165, 1.54) is 0 Å². The van der Waals surface area contributed by atoms with Crippen LogP contribution in [-0.4, -0.2) is 21.5 Å². The van der Waals surface area contributed by atoms with Gasteiger partial charge in [0.25, 0.3) is 0 Å². The molecule has 0 aliphatic carbocycles. The van der Waals surface area contributed by atoms with Crippen molar-refractivity contribution < 1.29 is 9.21 Å². The first-order valence-corrected chi connectivity index (χ1v) is 8.37. The van der Waals surface area contributed by atoms with E-state index in [9.17, 15) is 4.79 Å². The first-order chi connectivity index (χ1) is 11.6. The number of carbonyl (C=O) groups is 1. The fraction of sp³-hybridized carbons (Fsp3) is 0.368. The second kappa shape index (κ2) is 5.82. The van der Waals surface area contributed by atoms with Gasteiger partial charge in [-0.25, -0.2) is 4.98 Å². The monoisotopic (exact) mass is 323 g/mol. The van der Waals surface area contributed by atoms with E-state index in [4.69, 9.17) is 4.42 Å². The molecule has 0 radical (unpaired) electrons. The Morgan fingerprint density at radius 2 is 2.29 bits per heavy atom. The van der Waals surface area contributed by atoms with Crippen LogP contribution in [0.5, 0.6) is 0 Å². The number of amides is 1. The van der Waals surface area contributed by atoms with Gasteiger partial charge in [-0.3, -0.25) is 4.79 Å². The van der Waals surface area contributed by atoms with Crippen LogP contribution in [0.25, 0.3) is 11.0 Å².